The van der Waals surface area contributed by atoms with Gasteiger partial charge in [0, 0.05) is 30.9 Å². The van der Waals surface area contributed by atoms with Crippen LogP contribution >= 0.6 is 0 Å². The number of ether oxygens (including phenoxy) is 2. The minimum atomic E-state index is -4.83. The molecule has 0 aliphatic carbocycles. The Morgan fingerprint density at radius 1 is 1.03 bits per heavy atom. The lowest BCUT2D eigenvalue weighted by atomic mass is 10.0. The fourth-order valence-electron chi connectivity index (χ4n) is 3.83. The zero-order valence-electron chi connectivity index (χ0n) is 18.5. The van der Waals surface area contributed by atoms with E-state index < -0.39 is 23.3 Å². The highest BCUT2D eigenvalue weighted by atomic mass is 19.4. The molecule has 1 aromatic carbocycles. The Bertz CT molecular complexity index is 1120. The van der Waals surface area contributed by atoms with Crippen LogP contribution in [0.4, 0.5) is 18.9 Å². The number of carbonyl (C=O) groups is 1. The lowest BCUT2D eigenvalue weighted by Gasteiger charge is -2.34. The Balaban J connectivity index is 1.46. The molecule has 0 saturated carbocycles. The van der Waals surface area contributed by atoms with E-state index in [0.29, 0.717) is 30.6 Å². The van der Waals surface area contributed by atoms with E-state index >= 15 is 0 Å². The first kappa shape index (κ1) is 23.3. The molecule has 1 saturated heterocycles. The smallest absolute Gasteiger partial charge is 0.434 e. The molecule has 34 heavy (non-hydrogen) atoms. The van der Waals surface area contributed by atoms with E-state index in [0.717, 1.165) is 17.6 Å². The van der Waals surface area contributed by atoms with Crippen LogP contribution in [-0.2, 0) is 6.18 Å². The van der Waals surface area contributed by atoms with Crippen LogP contribution in [0.3, 0.4) is 0 Å². The van der Waals surface area contributed by atoms with Crippen LogP contribution in [-0.4, -0.2) is 59.2 Å². The number of amides is 1. The average Bonchev–Trinajstić information content (AvgIpc) is 3.31. The molecule has 0 bridgehead atoms. The van der Waals surface area contributed by atoms with Gasteiger partial charge in [-0.15, -0.1) is 10.2 Å². The Morgan fingerprint density at radius 3 is 2.29 bits per heavy atom. The van der Waals surface area contributed by atoms with E-state index in [9.17, 15) is 18.0 Å². The van der Waals surface area contributed by atoms with Gasteiger partial charge in [-0.25, -0.2) is 4.68 Å². The maximum atomic E-state index is 13.9. The first-order chi connectivity index (χ1) is 16.3. The number of methoxy groups -OCH3 is 2. The van der Waals surface area contributed by atoms with Gasteiger partial charge in [-0.3, -0.25) is 4.79 Å². The first-order valence-corrected chi connectivity index (χ1v) is 10.5. The number of hydrogen-bond donors (Lipinski definition) is 1. The molecule has 1 aliphatic rings. The average molecular weight is 476 g/mol. The predicted molar refractivity (Wildman–Crippen MR) is 116 cm³/mol. The van der Waals surface area contributed by atoms with Crippen molar-refractivity contribution < 1.29 is 27.4 Å². The molecular weight excluding hydrogens is 453 g/mol. The molecule has 1 fully saturated rings. The lowest BCUT2D eigenvalue weighted by molar-refractivity contribution is -0.143. The summed E-state index contributed by atoms with van der Waals surface area (Å²) in [6.45, 7) is 1.31. The normalized spacial score (nSPS) is 14.7. The third-order valence-electron chi connectivity index (χ3n) is 5.60. The minimum Gasteiger partial charge on any atom is -0.497 e. The monoisotopic (exact) mass is 476 g/mol. The number of rotatable bonds is 6. The molecule has 3 aromatic rings. The molecule has 3 heterocycles. The van der Waals surface area contributed by atoms with Crippen molar-refractivity contribution in [1.29, 1.82) is 0 Å². The number of halogens is 3. The molecule has 1 aliphatic heterocycles. The third kappa shape index (κ3) is 4.90. The molecule has 12 heteroatoms. The highest BCUT2D eigenvalue weighted by molar-refractivity contribution is 5.95. The molecule has 0 unspecified atom stereocenters. The Hall–Kier alpha value is -3.83. The molecule has 4 rings (SSSR count). The van der Waals surface area contributed by atoms with Gasteiger partial charge in [0.2, 0.25) is 5.88 Å². The summed E-state index contributed by atoms with van der Waals surface area (Å²) in [5, 5.41) is 13.9. The van der Waals surface area contributed by atoms with Gasteiger partial charge in [-0.05, 0) is 43.2 Å². The number of hydrogen-bond acceptors (Lipinski definition) is 7. The van der Waals surface area contributed by atoms with Crippen molar-refractivity contribution in [2.24, 2.45) is 0 Å². The number of alkyl halides is 3. The minimum absolute atomic E-state index is 0.142. The Kier molecular flexibility index (Phi) is 6.57. The second-order valence-corrected chi connectivity index (χ2v) is 7.68. The summed E-state index contributed by atoms with van der Waals surface area (Å²) in [7, 11) is 2.96. The summed E-state index contributed by atoms with van der Waals surface area (Å²) in [5.41, 5.74) is -0.755. The van der Waals surface area contributed by atoms with Crippen LogP contribution in [0.1, 0.15) is 28.9 Å². The van der Waals surface area contributed by atoms with Gasteiger partial charge in [0.1, 0.15) is 5.75 Å². The number of aromatic nitrogens is 4. The van der Waals surface area contributed by atoms with Crippen LogP contribution in [0, 0.1) is 0 Å². The van der Waals surface area contributed by atoms with E-state index in [4.69, 9.17) is 9.47 Å². The van der Waals surface area contributed by atoms with Crippen LogP contribution in [0.15, 0.2) is 42.6 Å². The van der Waals surface area contributed by atoms with E-state index in [1.807, 2.05) is 24.3 Å². The largest absolute Gasteiger partial charge is 0.497 e. The summed E-state index contributed by atoms with van der Waals surface area (Å²) in [4.78, 5) is 15.0. The van der Waals surface area contributed by atoms with E-state index in [1.54, 1.807) is 7.11 Å². The summed E-state index contributed by atoms with van der Waals surface area (Å²) in [5.74, 6) is -0.112. The molecule has 0 radical (unpaired) electrons. The van der Waals surface area contributed by atoms with Crippen molar-refractivity contribution >= 4 is 11.6 Å². The number of anilines is 1. The van der Waals surface area contributed by atoms with Crippen LogP contribution in [0.5, 0.6) is 11.6 Å². The fraction of sp³-hybridized carbons (Fsp3) is 0.364. The van der Waals surface area contributed by atoms with Gasteiger partial charge in [-0.2, -0.15) is 18.3 Å². The fourth-order valence-corrected chi connectivity index (χ4v) is 3.83. The highest BCUT2D eigenvalue weighted by Crippen LogP contribution is 2.33. The van der Waals surface area contributed by atoms with Gasteiger partial charge >= 0.3 is 6.18 Å². The molecule has 0 atom stereocenters. The maximum Gasteiger partial charge on any atom is 0.434 e. The molecule has 1 N–H and O–H groups in total. The molecule has 1 amide bonds. The second-order valence-electron chi connectivity index (χ2n) is 7.68. The highest BCUT2D eigenvalue weighted by Gasteiger charge is 2.41. The lowest BCUT2D eigenvalue weighted by Crippen LogP contribution is -2.45. The number of benzene rings is 1. The zero-order valence-corrected chi connectivity index (χ0v) is 18.5. The van der Waals surface area contributed by atoms with Gasteiger partial charge in [0.05, 0.1) is 26.0 Å². The second kappa shape index (κ2) is 9.57. The van der Waals surface area contributed by atoms with E-state index in [2.05, 4.69) is 25.5 Å². The standard InChI is InChI=1S/C22H23F3N6O3/c1-33-16-5-3-15(4-6-16)30-11-9-14(10-12-30)27-21(32)17-13-26-31(20(17)22(23,24)25)18-7-8-19(34-2)29-28-18/h3-8,13-14H,9-12H2,1-2H3,(H,27,32). The van der Waals surface area contributed by atoms with Crippen molar-refractivity contribution in [2.45, 2.75) is 25.1 Å². The predicted octanol–water partition coefficient (Wildman–Crippen LogP) is 3.10. The number of nitrogens with one attached hydrogen (secondary N) is 1. The number of nitrogens with zero attached hydrogens (tertiary/aromatic N) is 5. The van der Waals surface area contributed by atoms with Crippen LogP contribution in [0.25, 0.3) is 5.82 Å². The first-order valence-electron chi connectivity index (χ1n) is 10.5. The van der Waals surface area contributed by atoms with Gasteiger partial charge in [-0.1, -0.05) is 0 Å². The quantitative estimate of drug-likeness (QED) is 0.584. The summed E-state index contributed by atoms with van der Waals surface area (Å²) < 4.78 is 52.2. The third-order valence-corrected chi connectivity index (χ3v) is 5.60. The summed E-state index contributed by atoms with van der Waals surface area (Å²) in [6, 6.07) is 10.0. The van der Waals surface area contributed by atoms with E-state index in [-0.39, 0.29) is 17.7 Å². The SMILES string of the molecule is COc1ccc(N2CCC(NC(=O)c3cnn(-c4ccc(OC)nn4)c3C(F)(F)F)CC2)cc1. The topological polar surface area (TPSA) is 94.4 Å². The zero-order chi connectivity index (χ0) is 24.3. The molecule has 9 nitrogen and oxygen atoms in total. The summed E-state index contributed by atoms with van der Waals surface area (Å²) in [6.07, 6.45) is -2.74. The van der Waals surface area contributed by atoms with Crippen LogP contribution < -0.4 is 19.7 Å². The van der Waals surface area contributed by atoms with Crippen molar-refractivity contribution in [3.05, 3.63) is 53.9 Å². The van der Waals surface area contributed by atoms with Gasteiger partial charge < -0.3 is 19.7 Å². The molecule has 0 spiro atoms. The number of piperidine rings is 1. The molecular formula is C22H23F3N6O3. The van der Waals surface area contributed by atoms with Crippen molar-refractivity contribution in [3.63, 3.8) is 0 Å². The Morgan fingerprint density at radius 2 is 1.74 bits per heavy atom. The van der Waals surface area contributed by atoms with E-state index in [1.165, 1.54) is 19.2 Å². The number of carbonyl (C=O) groups excluding carboxylic acids is 1. The summed E-state index contributed by atoms with van der Waals surface area (Å²) >= 11 is 0. The Labute approximate surface area is 193 Å². The maximum absolute atomic E-state index is 13.9. The van der Waals surface area contributed by atoms with Gasteiger partial charge in [0.15, 0.2) is 11.5 Å². The molecule has 2 aromatic heterocycles. The van der Waals surface area contributed by atoms with Crippen molar-refractivity contribution in [2.75, 3.05) is 32.2 Å². The van der Waals surface area contributed by atoms with Crippen molar-refractivity contribution in [1.82, 2.24) is 25.3 Å². The molecule has 180 valence electrons. The van der Waals surface area contributed by atoms with Crippen molar-refractivity contribution in [3.8, 4) is 17.4 Å². The van der Waals surface area contributed by atoms with Gasteiger partial charge in [0.25, 0.3) is 5.91 Å². The van der Waals surface area contributed by atoms with Crippen LogP contribution in [0.2, 0.25) is 0 Å².